The quantitative estimate of drug-likeness (QED) is 0.0236. The smallest absolute Gasteiger partial charge is 0.324 e. The van der Waals surface area contributed by atoms with Crippen LogP contribution in [0.3, 0.4) is 0 Å². The third-order valence-electron chi connectivity index (χ3n) is 8.23. The summed E-state index contributed by atoms with van der Waals surface area (Å²) in [5.41, 5.74) is 9.82. The van der Waals surface area contributed by atoms with E-state index in [1.165, 1.54) is 89.9 Å². The number of oxime groups is 1. The molecule has 11 nitrogen and oxygen atoms in total. The third kappa shape index (κ3) is 20.0. The van der Waals surface area contributed by atoms with E-state index in [-0.39, 0.29) is 18.1 Å². The van der Waals surface area contributed by atoms with Crippen molar-refractivity contribution in [1.82, 2.24) is 20.8 Å². The predicted octanol–water partition coefficient (Wildman–Crippen LogP) is 8.72. The molecule has 1 amide bonds. The lowest BCUT2D eigenvalue weighted by Gasteiger charge is -2.13. The number of benzene rings is 1. The summed E-state index contributed by atoms with van der Waals surface area (Å²) in [7, 11) is 0. The van der Waals surface area contributed by atoms with Crippen molar-refractivity contribution in [3.8, 4) is 5.75 Å². The Morgan fingerprint density at radius 2 is 1.45 bits per heavy atom. The first kappa shape index (κ1) is 42.5. The summed E-state index contributed by atoms with van der Waals surface area (Å²) in [6, 6.07) is 3.62. The third-order valence-corrected chi connectivity index (χ3v) is 9.41. The highest BCUT2D eigenvalue weighted by molar-refractivity contribution is 9.11. The van der Waals surface area contributed by atoms with Crippen LogP contribution in [-0.2, 0) is 27.3 Å². The molecule has 0 saturated heterocycles. The number of halogens is 2. The van der Waals surface area contributed by atoms with Gasteiger partial charge in [0.2, 0.25) is 0 Å². The molecule has 276 valence electrons. The normalized spacial score (nSPS) is 11.5. The maximum Gasteiger partial charge on any atom is 0.324 e. The second-order valence-corrected chi connectivity index (χ2v) is 14.2. The molecule has 13 heteroatoms. The Morgan fingerprint density at radius 1 is 0.878 bits per heavy atom. The number of nitrogens with zero attached hydrogens (tertiary/aromatic N) is 2. The van der Waals surface area contributed by atoms with E-state index in [0.717, 1.165) is 24.1 Å². The summed E-state index contributed by atoms with van der Waals surface area (Å²) in [5, 5.41) is 15.4. The number of carbonyl (C=O) groups excluding carboxylic acids is 2. The average molecular weight is 815 g/mol. The van der Waals surface area contributed by atoms with E-state index >= 15 is 0 Å². The molecule has 0 spiro atoms. The fourth-order valence-corrected chi connectivity index (χ4v) is 6.95. The van der Waals surface area contributed by atoms with Gasteiger partial charge in [-0.25, -0.2) is 4.98 Å². The number of hydrogen-bond acceptors (Lipinski definition) is 9. The van der Waals surface area contributed by atoms with Gasteiger partial charge in [-0.1, -0.05) is 108 Å². The van der Waals surface area contributed by atoms with Gasteiger partial charge in [0.25, 0.3) is 5.91 Å². The van der Waals surface area contributed by atoms with Crippen molar-refractivity contribution in [2.24, 2.45) is 5.16 Å². The lowest BCUT2D eigenvalue weighted by Crippen LogP contribution is -2.33. The maximum absolute atomic E-state index is 12.5. The number of hydrogen-bond donors (Lipinski definition) is 5. The van der Waals surface area contributed by atoms with Gasteiger partial charge in [0.05, 0.1) is 21.7 Å². The van der Waals surface area contributed by atoms with Crippen LogP contribution >= 0.6 is 31.9 Å². The topological polar surface area (TPSA) is 164 Å². The van der Waals surface area contributed by atoms with Gasteiger partial charge >= 0.3 is 5.97 Å². The number of anilines is 1. The summed E-state index contributed by atoms with van der Waals surface area (Å²) in [4.78, 5) is 36.5. The van der Waals surface area contributed by atoms with Gasteiger partial charge in [-0.15, -0.1) is 0 Å². The Morgan fingerprint density at radius 3 is 1.98 bits per heavy atom. The molecule has 0 bridgehead atoms. The molecule has 6 N–H and O–H groups in total. The van der Waals surface area contributed by atoms with Gasteiger partial charge in [0.15, 0.2) is 5.95 Å². The number of unbranched alkanes of at least 4 members (excludes halogenated alkanes) is 15. The number of aromatic nitrogens is 2. The lowest BCUT2D eigenvalue weighted by atomic mass is 10.0. The first-order valence-electron chi connectivity index (χ1n) is 18.2. The number of nitrogens with two attached hydrogens (primary N) is 1. The summed E-state index contributed by atoms with van der Waals surface area (Å²) >= 11 is 7.05. The average Bonchev–Trinajstić information content (AvgIpc) is 3.50. The standard InChI is InChI=1S/C36H58Br2N6O5/c1-2-3-4-5-6-7-8-9-10-11-12-13-14-15-16-17-19-33(45)49-42-21-18-23-48-34-30(37)24-28(25-31(34)38)26-32(44-47)35(46)40-22-20-29-27-41-36(39)43-29/h24-25,27,42,47H,2-23,26H2,1H3,(H,40,46)(H3,39,41,43)/b44-32+. The van der Waals surface area contributed by atoms with Gasteiger partial charge in [-0.05, 0) is 62.4 Å². The van der Waals surface area contributed by atoms with Gasteiger partial charge in [-0.3, -0.25) is 9.59 Å². The number of aromatic amines is 1. The van der Waals surface area contributed by atoms with E-state index in [2.05, 4.69) is 64.7 Å². The van der Waals surface area contributed by atoms with Crippen molar-refractivity contribution in [2.75, 3.05) is 25.4 Å². The molecule has 0 saturated carbocycles. The number of ether oxygens (including phenoxy) is 1. The minimum Gasteiger partial charge on any atom is -0.491 e. The van der Waals surface area contributed by atoms with E-state index in [0.29, 0.717) is 59.6 Å². The first-order chi connectivity index (χ1) is 23.8. The van der Waals surface area contributed by atoms with Crippen LogP contribution in [0.1, 0.15) is 134 Å². The van der Waals surface area contributed by atoms with Gasteiger partial charge in [0.1, 0.15) is 11.5 Å². The van der Waals surface area contributed by atoms with Crippen molar-refractivity contribution in [3.63, 3.8) is 0 Å². The van der Waals surface area contributed by atoms with Gasteiger partial charge < -0.3 is 30.8 Å². The van der Waals surface area contributed by atoms with Crippen molar-refractivity contribution >= 4 is 55.4 Å². The minimum atomic E-state index is -0.471. The van der Waals surface area contributed by atoms with Crippen molar-refractivity contribution < 1.29 is 24.4 Å². The molecular weight excluding hydrogens is 756 g/mol. The molecule has 2 rings (SSSR count). The molecule has 1 aromatic heterocycles. The Balaban J connectivity index is 1.48. The number of amides is 1. The fraction of sp³-hybridized carbons (Fsp3) is 0.667. The number of nitrogens with one attached hydrogen (secondary N) is 3. The number of rotatable bonds is 29. The molecule has 0 aliphatic carbocycles. The van der Waals surface area contributed by atoms with E-state index in [9.17, 15) is 14.8 Å². The zero-order chi connectivity index (χ0) is 35.5. The molecule has 1 heterocycles. The Hall–Kier alpha value is -2.64. The van der Waals surface area contributed by atoms with E-state index < -0.39 is 5.91 Å². The monoisotopic (exact) mass is 812 g/mol. The van der Waals surface area contributed by atoms with Crippen LogP contribution in [0.4, 0.5) is 5.95 Å². The Labute approximate surface area is 309 Å². The SMILES string of the molecule is CCCCCCCCCCCCCCCCCCC(=O)ONCCCOc1c(Br)cc(C/C(=N\O)C(=O)NCCc2cnc(N)[nH]2)cc1Br. The van der Waals surface area contributed by atoms with Gasteiger partial charge in [-0.2, -0.15) is 5.48 Å². The zero-order valence-corrected chi connectivity index (χ0v) is 32.5. The van der Waals surface area contributed by atoms with Crippen LogP contribution in [0.5, 0.6) is 5.75 Å². The predicted molar refractivity (Wildman–Crippen MR) is 203 cm³/mol. The van der Waals surface area contributed by atoms with Crippen LogP contribution < -0.4 is 21.3 Å². The summed E-state index contributed by atoms with van der Waals surface area (Å²) in [6.07, 6.45) is 24.1. The molecule has 0 aliphatic rings. The van der Waals surface area contributed by atoms with Crippen molar-refractivity contribution in [1.29, 1.82) is 0 Å². The second kappa shape index (κ2) is 27.1. The number of H-pyrrole nitrogens is 1. The van der Waals surface area contributed by atoms with Crippen LogP contribution in [0.25, 0.3) is 0 Å². The minimum absolute atomic E-state index is 0.0213. The Kier molecular flexibility index (Phi) is 23.5. The molecule has 0 radical (unpaired) electrons. The molecule has 2 aromatic rings. The summed E-state index contributed by atoms with van der Waals surface area (Å²) in [6.45, 7) is 3.46. The molecule has 0 aliphatic heterocycles. The largest absolute Gasteiger partial charge is 0.491 e. The van der Waals surface area contributed by atoms with Gasteiger partial charge in [0, 0.05) is 38.0 Å². The van der Waals surface area contributed by atoms with E-state index in [1.54, 1.807) is 6.20 Å². The molecular formula is C36H58Br2N6O5. The number of nitrogen functional groups attached to an aromatic ring is 1. The van der Waals surface area contributed by atoms with Crippen molar-refractivity contribution in [3.05, 3.63) is 38.5 Å². The molecule has 49 heavy (non-hydrogen) atoms. The second-order valence-electron chi connectivity index (χ2n) is 12.5. The fourth-order valence-electron chi connectivity index (χ4n) is 5.44. The highest BCUT2D eigenvalue weighted by Crippen LogP contribution is 2.35. The lowest BCUT2D eigenvalue weighted by molar-refractivity contribution is -0.151. The maximum atomic E-state index is 12.5. The zero-order valence-electron chi connectivity index (χ0n) is 29.3. The van der Waals surface area contributed by atoms with Crippen LogP contribution in [0.2, 0.25) is 0 Å². The molecule has 0 unspecified atom stereocenters. The van der Waals surface area contributed by atoms with Crippen LogP contribution in [-0.4, -0.2) is 52.5 Å². The number of imidazole rings is 1. The number of carbonyl (C=O) groups is 2. The Bertz CT molecular complexity index is 1220. The molecule has 0 fully saturated rings. The van der Waals surface area contributed by atoms with E-state index in [4.69, 9.17) is 15.3 Å². The van der Waals surface area contributed by atoms with Crippen LogP contribution in [0, 0.1) is 0 Å². The molecule has 1 aromatic carbocycles. The molecule has 0 atom stereocenters. The van der Waals surface area contributed by atoms with Crippen molar-refractivity contribution in [2.45, 2.75) is 135 Å². The van der Waals surface area contributed by atoms with Crippen LogP contribution in [0.15, 0.2) is 32.4 Å². The number of hydroxylamine groups is 1. The highest BCUT2D eigenvalue weighted by atomic mass is 79.9. The summed E-state index contributed by atoms with van der Waals surface area (Å²) in [5.74, 6) is 0.223. The summed E-state index contributed by atoms with van der Waals surface area (Å²) < 4.78 is 7.29. The van der Waals surface area contributed by atoms with E-state index in [1.807, 2.05) is 12.1 Å². The highest BCUT2D eigenvalue weighted by Gasteiger charge is 2.16. The first-order valence-corrected chi connectivity index (χ1v) is 19.7.